The lowest BCUT2D eigenvalue weighted by molar-refractivity contribution is 0.0946. The van der Waals surface area contributed by atoms with Gasteiger partial charge in [-0.25, -0.2) is 0 Å². The molecule has 1 amide bonds. The van der Waals surface area contributed by atoms with Crippen LogP contribution in [0.4, 0.5) is 5.69 Å². The lowest BCUT2D eigenvalue weighted by atomic mass is 10.1. The topological polar surface area (TPSA) is 63.7 Å². The molecular formula is C19H21N3O3. The average molecular weight is 339 g/mol. The Balaban J connectivity index is 1.41. The van der Waals surface area contributed by atoms with Crippen LogP contribution in [-0.4, -0.2) is 30.8 Å². The van der Waals surface area contributed by atoms with Gasteiger partial charge in [0.05, 0.1) is 0 Å². The van der Waals surface area contributed by atoms with Crippen molar-refractivity contribution in [2.75, 3.05) is 24.8 Å². The Morgan fingerprint density at radius 2 is 1.92 bits per heavy atom. The van der Waals surface area contributed by atoms with E-state index in [-0.39, 0.29) is 12.7 Å². The van der Waals surface area contributed by atoms with Crippen molar-refractivity contribution in [2.24, 2.45) is 0 Å². The van der Waals surface area contributed by atoms with E-state index in [1.54, 1.807) is 6.20 Å². The molecule has 1 aromatic heterocycles. The van der Waals surface area contributed by atoms with Crippen molar-refractivity contribution in [3.63, 3.8) is 0 Å². The molecule has 2 aliphatic rings. The van der Waals surface area contributed by atoms with Gasteiger partial charge in [-0.1, -0.05) is 6.07 Å². The summed E-state index contributed by atoms with van der Waals surface area (Å²) in [6, 6.07) is 9.52. The minimum Gasteiger partial charge on any atom is -0.454 e. The van der Waals surface area contributed by atoms with Gasteiger partial charge in [-0.15, -0.1) is 0 Å². The second-order valence-corrected chi connectivity index (χ2v) is 6.32. The van der Waals surface area contributed by atoms with Gasteiger partial charge >= 0.3 is 0 Å². The molecule has 0 radical (unpaired) electrons. The number of pyridine rings is 1. The number of rotatable bonds is 4. The maximum absolute atomic E-state index is 12.4. The van der Waals surface area contributed by atoms with E-state index in [1.165, 1.54) is 19.3 Å². The van der Waals surface area contributed by atoms with E-state index in [4.69, 9.17) is 9.47 Å². The number of piperidine rings is 1. The summed E-state index contributed by atoms with van der Waals surface area (Å²) in [7, 11) is 0. The van der Waals surface area contributed by atoms with Crippen molar-refractivity contribution >= 4 is 11.6 Å². The van der Waals surface area contributed by atoms with Gasteiger partial charge in [0.15, 0.2) is 11.5 Å². The third-order valence-electron chi connectivity index (χ3n) is 4.59. The van der Waals surface area contributed by atoms with E-state index >= 15 is 0 Å². The average Bonchev–Trinajstić information content (AvgIpc) is 3.15. The minimum absolute atomic E-state index is 0.170. The van der Waals surface area contributed by atoms with Crippen LogP contribution in [0.3, 0.4) is 0 Å². The van der Waals surface area contributed by atoms with Gasteiger partial charge in [0.25, 0.3) is 5.91 Å². The zero-order valence-electron chi connectivity index (χ0n) is 14.0. The predicted octanol–water partition coefficient (Wildman–Crippen LogP) is 2.73. The third-order valence-corrected chi connectivity index (χ3v) is 4.59. The lowest BCUT2D eigenvalue weighted by Crippen LogP contribution is -2.30. The molecule has 1 aromatic carbocycles. The highest BCUT2D eigenvalue weighted by atomic mass is 16.7. The Bertz CT molecular complexity index is 772. The van der Waals surface area contributed by atoms with E-state index in [0.717, 1.165) is 35.8 Å². The van der Waals surface area contributed by atoms with E-state index in [9.17, 15) is 4.79 Å². The van der Waals surface area contributed by atoms with Crippen LogP contribution in [0.5, 0.6) is 11.5 Å². The summed E-state index contributed by atoms with van der Waals surface area (Å²) in [6.07, 6.45) is 5.39. The summed E-state index contributed by atoms with van der Waals surface area (Å²) in [5.41, 5.74) is 2.48. The molecule has 0 spiro atoms. The largest absolute Gasteiger partial charge is 0.454 e. The van der Waals surface area contributed by atoms with Gasteiger partial charge in [-0.3, -0.25) is 9.78 Å². The molecular weight excluding hydrogens is 318 g/mol. The molecule has 6 nitrogen and oxygen atoms in total. The molecule has 2 aliphatic heterocycles. The van der Waals surface area contributed by atoms with Crippen molar-refractivity contribution in [1.29, 1.82) is 0 Å². The van der Waals surface area contributed by atoms with Crippen molar-refractivity contribution in [3.05, 3.63) is 47.8 Å². The summed E-state index contributed by atoms with van der Waals surface area (Å²) in [5, 5.41) is 2.92. The van der Waals surface area contributed by atoms with Gasteiger partial charge < -0.3 is 19.7 Å². The first kappa shape index (κ1) is 15.7. The molecule has 1 fully saturated rings. The number of hydrogen-bond donors (Lipinski definition) is 1. The summed E-state index contributed by atoms with van der Waals surface area (Å²) in [5.74, 6) is 1.29. The van der Waals surface area contributed by atoms with Crippen LogP contribution in [0, 0.1) is 0 Å². The van der Waals surface area contributed by atoms with E-state index < -0.39 is 0 Å². The lowest BCUT2D eigenvalue weighted by Gasteiger charge is -2.28. The Morgan fingerprint density at radius 1 is 1.08 bits per heavy atom. The van der Waals surface area contributed by atoms with Crippen LogP contribution < -0.4 is 19.7 Å². The highest BCUT2D eigenvalue weighted by Gasteiger charge is 2.15. The Kier molecular flexibility index (Phi) is 4.41. The number of benzene rings is 1. The van der Waals surface area contributed by atoms with E-state index in [2.05, 4.69) is 15.2 Å². The maximum Gasteiger partial charge on any atom is 0.270 e. The summed E-state index contributed by atoms with van der Waals surface area (Å²) in [6.45, 7) is 2.76. The Morgan fingerprint density at radius 3 is 2.80 bits per heavy atom. The van der Waals surface area contributed by atoms with Gasteiger partial charge in [0.2, 0.25) is 6.79 Å². The maximum atomic E-state index is 12.4. The zero-order valence-corrected chi connectivity index (χ0v) is 14.0. The summed E-state index contributed by atoms with van der Waals surface area (Å²) < 4.78 is 10.7. The fourth-order valence-corrected chi connectivity index (χ4v) is 3.22. The monoisotopic (exact) mass is 339 g/mol. The number of nitrogens with zero attached hydrogens (tertiary/aromatic N) is 2. The summed E-state index contributed by atoms with van der Waals surface area (Å²) >= 11 is 0. The molecule has 3 heterocycles. The van der Waals surface area contributed by atoms with Gasteiger partial charge in [0, 0.05) is 31.5 Å². The molecule has 0 bridgehead atoms. The summed E-state index contributed by atoms with van der Waals surface area (Å²) in [4.78, 5) is 19.0. The van der Waals surface area contributed by atoms with Crippen LogP contribution in [0.25, 0.3) is 0 Å². The number of carbonyl (C=O) groups is 1. The first-order chi connectivity index (χ1) is 12.3. The quantitative estimate of drug-likeness (QED) is 0.928. The highest BCUT2D eigenvalue weighted by molar-refractivity contribution is 5.93. The Labute approximate surface area is 146 Å². The second kappa shape index (κ2) is 7.01. The molecule has 0 aliphatic carbocycles. The predicted molar refractivity (Wildman–Crippen MR) is 94.0 cm³/mol. The van der Waals surface area contributed by atoms with Crippen LogP contribution in [0.1, 0.15) is 35.3 Å². The number of carbonyl (C=O) groups excluding carboxylic acids is 1. The van der Waals surface area contributed by atoms with Crippen molar-refractivity contribution in [3.8, 4) is 11.5 Å². The third kappa shape index (κ3) is 3.52. The number of nitrogens with one attached hydrogen (secondary N) is 1. The fourth-order valence-electron chi connectivity index (χ4n) is 3.22. The first-order valence-corrected chi connectivity index (χ1v) is 8.67. The van der Waals surface area contributed by atoms with Crippen molar-refractivity contribution in [1.82, 2.24) is 10.3 Å². The number of amides is 1. The number of fused-ring (bicyclic) bond motifs is 1. The normalized spacial score (nSPS) is 15.9. The van der Waals surface area contributed by atoms with Crippen LogP contribution in [0.15, 0.2) is 36.5 Å². The van der Waals surface area contributed by atoms with Crippen molar-refractivity contribution < 1.29 is 14.3 Å². The van der Waals surface area contributed by atoms with Crippen LogP contribution in [0.2, 0.25) is 0 Å². The number of hydrogen-bond acceptors (Lipinski definition) is 5. The highest BCUT2D eigenvalue weighted by Crippen LogP contribution is 2.32. The molecule has 1 saturated heterocycles. The van der Waals surface area contributed by atoms with E-state index in [0.29, 0.717) is 12.2 Å². The minimum atomic E-state index is -0.170. The molecule has 4 rings (SSSR count). The molecule has 25 heavy (non-hydrogen) atoms. The smallest absolute Gasteiger partial charge is 0.270 e. The van der Waals surface area contributed by atoms with Gasteiger partial charge in [0.1, 0.15) is 5.69 Å². The van der Waals surface area contributed by atoms with Gasteiger partial charge in [-0.2, -0.15) is 0 Å². The Hall–Kier alpha value is -2.76. The van der Waals surface area contributed by atoms with E-state index in [1.807, 2.05) is 30.3 Å². The molecule has 0 saturated carbocycles. The molecule has 0 unspecified atom stereocenters. The fraction of sp³-hybridized carbons (Fsp3) is 0.368. The first-order valence-electron chi connectivity index (χ1n) is 8.67. The zero-order chi connectivity index (χ0) is 17.1. The molecule has 130 valence electrons. The van der Waals surface area contributed by atoms with Crippen LogP contribution in [-0.2, 0) is 6.54 Å². The molecule has 2 aromatic rings. The number of ether oxygens (including phenoxy) is 2. The number of anilines is 1. The van der Waals surface area contributed by atoms with Crippen LogP contribution >= 0.6 is 0 Å². The standard InChI is InChI=1S/C19H21N3O3/c23-19(21-12-14-4-5-17-18(10-14)25-13-24-17)16-11-15(6-7-20-16)22-8-2-1-3-9-22/h4-7,10-11H,1-3,8-9,12-13H2,(H,21,23). The SMILES string of the molecule is O=C(NCc1ccc2c(c1)OCO2)c1cc(N2CCCCC2)ccn1. The second-order valence-electron chi connectivity index (χ2n) is 6.32. The molecule has 1 N–H and O–H groups in total. The number of aromatic nitrogens is 1. The molecule has 0 atom stereocenters. The van der Waals surface area contributed by atoms with Gasteiger partial charge in [-0.05, 0) is 49.1 Å². The molecule has 6 heteroatoms. The van der Waals surface area contributed by atoms with Crippen molar-refractivity contribution in [2.45, 2.75) is 25.8 Å².